The van der Waals surface area contributed by atoms with Gasteiger partial charge in [-0.05, 0) is 43.0 Å². The van der Waals surface area contributed by atoms with Crippen LogP contribution < -0.4 is 10.6 Å². The van der Waals surface area contributed by atoms with E-state index in [9.17, 15) is 0 Å². The minimum Gasteiger partial charge on any atom is -0.409 e. The van der Waals surface area contributed by atoms with Crippen LogP contribution in [0.15, 0.2) is 41.6 Å². The van der Waals surface area contributed by atoms with E-state index in [1.54, 1.807) is 0 Å². The van der Waals surface area contributed by atoms with Gasteiger partial charge < -0.3 is 15.8 Å². The number of aryl methyl sites for hydroxylation is 2. The van der Waals surface area contributed by atoms with Gasteiger partial charge in [0.25, 0.3) is 0 Å². The zero-order chi connectivity index (χ0) is 14.8. The molecular weight excluding hydrogens is 264 g/mol. The lowest BCUT2D eigenvalue weighted by Gasteiger charge is -2.21. The van der Waals surface area contributed by atoms with E-state index in [2.05, 4.69) is 11.2 Å². The number of amidine groups is 1. The molecule has 0 unspecified atom stereocenters. The number of oxime groups is 1. The van der Waals surface area contributed by atoms with E-state index in [0.29, 0.717) is 5.56 Å². The van der Waals surface area contributed by atoms with Gasteiger partial charge in [-0.1, -0.05) is 23.4 Å². The van der Waals surface area contributed by atoms with Gasteiger partial charge in [-0.25, -0.2) is 4.98 Å². The first-order valence-electron chi connectivity index (χ1n) is 7.00. The topological polar surface area (TPSA) is 74.7 Å². The minimum absolute atomic E-state index is 0.0959. The largest absolute Gasteiger partial charge is 0.409 e. The monoisotopic (exact) mass is 282 g/mol. The van der Waals surface area contributed by atoms with Crippen LogP contribution in [0.3, 0.4) is 0 Å². The molecule has 1 aliphatic carbocycles. The van der Waals surface area contributed by atoms with Crippen LogP contribution in [0, 0.1) is 0 Å². The quantitative estimate of drug-likeness (QED) is 0.392. The lowest BCUT2D eigenvalue weighted by atomic mass is 10.1. The molecule has 0 radical (unpaired) electrons. The number of benzene rings is 1. The summed E-state index contributed by atoms with van der Waals surface area (Å²) in [5, 5.41) is 12.0. The maximum atomic E-state index is 8.92. The van der Waals surface area contributed by atoms with Crippen LogP contribution in [0.1, 0.15) is 23.2 Å². The molecule has 5 heteroatoms. The highest BCUT2D eigenvalue weighted by atomic mass is 16.4. The normalized spacial score (nSPS) is 14.0. The standard InChI is InChI=1S/C16H18N4O/c1-20(14-8-3-2-6-12(14)16(17)19-21)15-10-9-11-5-4-7-13(11)18-15/h2-3,6,8-10,21H,4-5,7H2,1H3,(H2,17,19). The van der Waals surface area contributed by atoms with Crippen molar-refractivity contribution in [1.29, 1.82) is 0 Å². The van der Waals surface area contributed by atoms with Crippen LogP contribution in [-0.4, -0.2) is 23.1 Å². The van der Waals surface area contributed by atoms with Crippen molar-refractivity contribution in [3.05, 3.63) is 53.2 Å². The Morgan fingerprint density at radius 2 is 2.05 bits per heavy atom. The lowest BCUT2D eigenvalue weighted by molar-refractivity contribution is 0.318. The van der Waals surface area contributed by atoms with Crippen LogP contribution in [0.25, 0.3) is 0 Å². The van der Waals surface area contributed by atoms with Gasteiger partial charge in [0.15, 0.2) is 5.84 Å². The number of aromatic nitrogens is 1. The van der Waals surface area contributed by atoms with Gasteiger partial charge in [0.05, 0.1) is 5.69 Å². The second-order valence-corrected chi connectivity index (χ2v) is 5.19. The molecule has 0 atom stereocenters. The van der Waals surface area contributed by atoms with E-state index in [4.69, 9.17) is 15.9 Å². The van der Waals surface area contributed by atoms with Crippen molar-refractivity contribution in [1.82, 2.24) is 4.98 Å². The summed E-state index contributed by atoms with van der Waals surface area (Å²) in [6.07, 6.45) is 3.34. The Balaban J connectivity index is 2.01. The minimum atomic E-state index is 0.0959. The fraction of sp³-hybridized carbons (Fsp3) is 0.250. The predicted molar refractivity (Wildman–Crippen MR) is 83.3 cm³/mol. The molecule has 3 rings (SSSR count). The van der Waals surface area contributed by atoms with Gasteiger partial charge in [0.1, 0.15) is 5.82 Å². The summed E-state index contributed by atoms with van der Waals surface area (Å²) in [6, 6.07) is 11.7. The molecular formula is C16H18N4O. The van der Waals surface area contributed by atoms with Crippen molar-refractivity contribution in [3.63, 3.8) is 0 Å². The number of hydrogen-bond acceptors (Lipinski definition) is 4. The van der Waals surface area contributed by atoms with Gasteiger partial charge in [-0.15, -0.1) is 0 Å². The zero-order valence-corrected chi connectivity index (χ0v) is 12.0. The Hall–Kier alpha value is -2.56. The summed E-state index contributed by atoms with van der Waals surface area (Å²) >= 11 is 0. The molecule has 108 valence electrons. The summed E-state index contributed by atoms with van der Waals surface area (Å²) < 4.78 is 0. The summed E-state index contributed by atoms with van der Waals surface area (Å²) in [7, 11) is 1.94. The number of nitrogens with two attached hydrogens (primary N) is 1. The Morgan fingerprint density at radius 3 is 2.86 bits per heavy atom. The maximum absolute atomic E-state index is 8.92. The molecule has 0 bridgehead atoms. The number of anilines is 2. The number of fused-ring (bicyclic) bond motifs is 1. The molecule has 1 aromatic carbocycles. The molecule has 1 heterocycles. The third-order valence-corrected chi connectivity index (χ3v) is 3.91. The first kappa shape index (κ1) is 13.4. The molecule has 5 nitrogen and oxygen atoms in total. The molecule has 0 amide bonds. The Kier molecular flexibility index (Phi) is 3.48. The molecule has 2 aromatic rings. The molecule has 0 saturated carbocycles. The van der Waals surface area contributed by atoms with E-state index >= 15 is 0 Å². The highest BCUT2D eigenvalue weighted by molar-refractivity contribution is 6.02. The Bertz CT molecular complexity index is 696. The number of rotatable bonds is 3. The van der Waals surface area contributed by atoms with Crippen molar-refractivity contribution in [3.8, 4) is 0 Å². The van der Waals surface area contributed by atoms with Crippen molar-refractivity contribution >= 4 is 17.3 Å². The summed E-state index contributed by atoms with van der Waals surface area (Å²) in [5.74, 6) is 0.965. The van der Waals surface area contributed by atoms with Gasteiger partial charge in [-0.3, -0.25) is 0 Å². The second kappa shape index (κ2) is 5.44. The van der Waals surface area contributed by atoms with Crippen LogP contribution in [-0.2, 0) is 12.8 Å². The molecule has 21 heavy (non-hydrogen) atoms. The average Bonchev–Trinajstić information content (AvgIpc) is 3.01. The number of hydrogen-bond donors (Lipinski definition) is 2. The van der Waals surface area contributed by atoms with Crippen molar-refractivity contribution < 1.29 is 5.21 Å². The second-order valence-electron chi connectivity index (χ2n) is 5.19. The summed E-state index contributed by atoms with van der Waals surface area (Å²) in [6.45, 7) is 0. The predicted octanol–water partition coefficient (Wildman–Crippen LogP) is 2.43. The fourth-order valence-electron chi connectivity index (χ4n) is 2.76. The molecule has 1 aromatic heterocycles. The molecule has 0 spiro atoms. The van der Waals surface area contributed by atoms with Gasteiger partial charge in [0.2, 0.25) is 0 Å². The van der Waals surface area contributed by atoms with Crippen molar-refractivity contribution in [2.75, 3.05) is 11.9 Å². The highest BCUT2D eigenvalue weighted by Gasteiger charge is 2.16. The van der Waals surface area contributed by atoms with E-state index in [-0.39, 0.29) is 5.84 Å². The van der Waals surface area contributed by atoms with Gasteiger partial charge in [-0.2, -0.15) is 0 Å². The SMILES string of the molecule is CN(c1ccc2c(n1)CCC2)c1ccccc1/C(N)=N/O. The van der Waals surface area contributed by atoms with E-state index in [1.165, 1.54) is 17.7 Å². The Labute approximate surface area is 123 Å². The molecule has 3 N–H and O–H groups in total. The molecule has 0 saturated heterocycles. The maximum Gasteiger partial charge on any atom is 0.172 e. The lowest BCUT2D eigenvalue weighted by Crippen LogP contribution is -2.20. The summed E-state index contributed by atoms with van der Waals surface area (Å²) in [4.78, 5) is 6.70. The van der Waals surface area contributed by atoms with E-state index < -0.39 is 0 Å². The number of para-hydroxylation sites is 1. The van der Waals surface area contributed by atoms with E-state index in [0.717, 1.165) is 24.3 Å². The first-order chi connectivity index (χ1) is 10.2. The highest BCUT2D eigenvalue weighted by Crippen LogP contribution is 2.28. The average molecular weight is 282 g/mol. The van der Waals surface area contributed by atoms with Gasteiger partial charge >= 0.3 is 0 Å². The van der Waals surface area contributed by atoms with Crippen molar-refractivity contribution in [2.45, 2.75) is 19.3 Å². The Morgan fingerprint density at radius 1 is 1.24 bits per heavy atom. The smallest absolute Gasteiger partial charge is 0.172 e. The third kappa shape index (κ3) is 2.42. The first-order valence-corrected chi connectivity index (χ1v) is 7.00. The molecule has 1 aliphatic rings. The van der Waals surface area contributed by atoms with Gasteiger partial charge in [0, 0.05) is 18.3 Å². The number of pyridine rings is 1. The number of nitrogens with zero attached hydrogens (tertiary/aromatic N) is 3. The van der Waals surface area contributed by atoms with Crippen molar-refractivity contribution in [2.24, 2.45) is 10.9 Å². The van der Waals surface area contributed by atoms with Crippen LogP contribution >= 0.6 is 0 Å². The van der Waals surface area contributed by atoms with E-state index in [1.807, 2.05) is 42.3 Å². The molecule has 0 aliphatic heterocycles. The molecule has 0 fully saturated rings. The van der Waals surface area contributed by atoms with Crippen LogP contribution in [0.4, 0.5) is 11.5 Å². The van der Waals surface area contributed by atoms with Crippen LogP contribution in [0.5, 0.6) is 0 Å². The summed E-state index contributed by atoms with van der Waals surface area (Å²) in [5.41, 5.74) is 9.82. The fourth-order valence-corrected chi connectivity index (χ4v) is 2.76. The van der Waals surface area contributed by atoms with Crippen LogP contribution in [0.2, 0.25) is 0 Å². The third-order valence-electron chi connectivity index (χ3n) is 3.91. The zero-order valence-electron chi connectivity index (χ0n) is 12.0.